The Hall–Kier alpha value is -2.07. The molecule has 0 radical (unpaired) electrons. The molecule has 2 N–H and O–H groups in total. The molecule has 3 rings (SSSR count). The summed E-state index contributed by atoms with van der Waals surface area (Å²) in [4.78, 5) is 6.66. The third kappa shape index (κ3) is 6.96. The molecule has 0 aliphatic carbocycles. The van der Waals surface area contributed by atoms with E-state index < -0.39 is 0 Å². The van der Waals surface area contributed by atoms with Gasteiger partial charge in [-0.1, -0.05) is 18.2 Å². The summed E-state index contributed by atoms with van der Waals surface area (Å²) in [6, 6.07) is 11.0. The van der Waals surface area contributed by atoms with Crippen molar-refractivity contribution in [3.8, 4) is 11.5 Å². The first kappa shape index (κ1) is 25.2. The molecule has 0 amide bonds. The first-order chi connectivity index (χ1) is 14.6. The van der Waals surface area contributed by atoms with Crippen LogP contribution in [0.1, 0.15) is 16.7 Å². The van der Waals surface area contributed by atoms with Crippen molar-refractivity contribution in [2.24, 2.45) is 4.99 Å². The molecule has 1 heterocycles. The Balaban J connectivity index is 0.00000341. The Morgan fingerprint density at radius 1 is 1.06 bits per heavy atom. The van der Waals surface area contributed by atoms with Crippen molar-refractivity contribution >= 4 is 29.9 Å². The van der Waals surface area contributed by atoms with Gasteiger partial charge in [-0.25, -0.2) is 4.39 Å². The molecule has 170 valence electrons. The van der Waals surface area contributed by atoms with Gasteiger partial charge in [-0.2, -0.15) is 0 Å². The number of aliphatic imine (C=N–C) groups is 1. The zero-order chi connectivity index (χ0) is 21.3. The zero-order valence-electron chi connectivity index (χ0n) is 18.4. The van der Waals surface area contributed by atoms with Crippen molar-refractivity contribution in [2.45, 2.75) is 19.4 Å². The van der Waals surface area contributed by atoms with Crippen LogP contribution >= 0.6 is 24.0 Å². The van der Waals surface area contributed by atoms with Gasteiger partial charge in [0.25, 0.3) is 0 Å². The van der Waals surface area contributed by atoms with Gasteiger partial charge in [-0.15, -0.1) is 24.0 Å². The predicted molar refractivity (Wildman–Crippen MR) is 133 cm³/mol. The summed E-state index contributed by atoms with van der Waals surface area (Å²) in [5.41, 5.74) is 3.31. The number of fused-ring (bicyclic) bond motifs is 1. The van der Waals surface area contributed by atoms with Gasteiger partial charge in [0.2, 0.25) is 0 Å². The molecule has 31 heavy (non-hydrogen) atoms. The Kier molecular flexibility index (Phi) is 10.3. The molecule has 0 fully saturated rings. The molecule has 8 heteroatoms. The number of nitrogens with zero attached hydrogens (tertiary/aromatic N) is 2. The molecule has 0 aromatic heterocycles. The number of ether oxygens (including phenoxy) is 2. The van der Waals surface area contributed by atoms with Gasteiger partial charge in [0.1, 0.15) is 5.82 Å². The van der Waals surface area contributed by atoms with Crippen LogP contribution in [-0.4, -0.2) is 58.3 Å². The zero-order valence-corrected chi connectivity index (χ0v) is 20.7. The van der Waals surface area contributed by atoms with Crippen LogP contribution in [0.4, 0.5) is 4.39 Å². The lowest BCUT2D eigenvalue weighted by atomic mass is 9.99. The van der Waals surface area contributed by atoms with E-state index in [0.717, 1.165) is 50.1 Å². The maximum Gasteiger partial charge on any atom is 0.191 e. The van der Waals surface area contributed by atoms with E-state index in [4.69, 9.17) is 9.47 Å². The highest BCUT2D eigenvalue weighted by molar-refractivity contribution is 14.0. The molecule has 0 saturated heterocycles. The van der Waals surface area contributed by atoms with Crippen LogP contribution in [0.25, 0.3) is 0 Å². The fourth-order valence-corrected chi connectivity index (χ4v) is 3.70. The van der Waals surface area contributed by atoms with Crippen LogP contribution in [0.5, 0.6) is 11.5 Å². The van der Waals surface area contributed by atoms with Crippen molar-refractivity contribution in [1.82, 2.24) is 15.5 Å². The van der Waals surface area contributed by atoms with Gasteiger partial charge in [-0.05, 0) is 47.7 Å². The molecule has 0 bridgehead atoms. The number of nitrogens with one attached hydrogen (secondary N) is 2. The summed E-state index contributed by atoms with van der Waals surface area (Å²) in [5.74, 6) is 2.13. The molecule has 1 aliphatic rings. The Bertz CT molecular complexity index is 879. The highest BCUT2D eigenvalue weighted by Crippen LogP contribution is 2.33. The van der Waals surface area contributed by atoms with Crippen LogP contribution in [0, 0.1) is 5.82 Å². The summed E-state index contributed by atoms with van der Waals surface area (Å²) in [5, 5.41) is 6.59. The van der Waals surface area contributed by atoms with Crippen molar-refractivity contribution in [3.63, 3.8) is 0 Å². The van der Waals surface area contributed by atoms with E-state index in [0.29, 0.717) is 18.5 Å². The molecule has 2 aromatic rings. The average molecular weight is 542 g/mol. The first-order valence-electron chi connectivity index (χ1n) is 10.3. The number of benzene rings is 2. The fraction of sp³-hybridized carbons (Fsp3) is 0.435. The summed E-state index contributed by atoms with van der Waals surface area (Å²) >= 11 is 0. The molecule has 0 saturated carbocycles. The number of guanidine groups is 1. The van der Waals surface area contributed by atoms with E-state index >= 15 is 0 Å². The van der Waals surface area contributed by atoms with Gasteiger partial charge in [0, 0.05) is 39.8 Å². The topological polar surface area (TPSA) is 58.1 Å². The molecule has 0 spiro atoms. The van der Waals surface area contributed by atoms with E-state index in [2.05, 4.69) is 32.7 Å². The maximum absolute atomic E-state index is 13.7. The first-order valence-corrected chi connectivity index (χ1v) is 10.3. The van der Waals surface area contributed by atoms with Crippen molar-refractivity contribution < 1.29 is 13.9 Å². The lowest BCUT2D eigenvalue weighted by Crippen LogP contribution is -2.43. The van der Waals surface area contributed by atoms with Crippen molar-refractivity contribution in [2.75, 3.05) is 47.4 Å². The summed E-state index contributed by atoms with van der Waals surface area (Å²) in [7, 11) is 5.08. The van der Waals surface area contributed by atoms with Crippen LogP contribution in [0.3, 0.4) is 0 Å². The van der Waals surface area contributed by atoms with Crippen LogP contribution in [-0.2, 0) is 19.4 Å². The smallest absolute Gasteiger partial charge is 0.191 e. The molecule has 6 nitrogen and oxygen atoms in total. The van der Waals surface area contributed by atoms with Crippen molar-refractivity contribution in [1.29, 1.82) is 0 Å². The number of methoxy groups -OCH3 is 2. The highest BCUT2D eigenvalue weighted by Gasteiger charge is 2.19. The van der Waals surface area contributed by atoms with Crippen LogP contribution in [0.2, 0.25) is 0 Å². The number of hydrogen-bond acceptors (Lipinski definition) is 4. The minimum Gasteiger partial charge on any atom is -0.493 e. The highest BCUT2D eigenvalue weighted by atomic mass is 127. The van der Waals surface area contributed by atoms with Gasteiger partial charge in [0.15, 0.2) is 17.5 Å². The minimum absolute atomic E-state index is 0. The SMILES string of the molecule is CN=C(NCCc1ccccc1F)NCCN1CCc2cc(OC)c(OC)cc2C1.I. The van der Waals surface area contributed by atoms with Crippen LogP contribution < -0.4 is 20.1 Å². The summed E-state index contributed by atoms with van der Waals surface area (Å²) in [6.07, 6.45) is 1.60. The number of halogens is 2. The lowest BCUT2D eigenvalue weighted by Gasteiger charge is -2.29. The van der Waals surface area contributed by atoms with E-state index in [1.165, 1.54) is 17.2 Å². The molecule has 0 unspecified atom stereocenters. The van der Waals surface area contributed by atoms with Crippen molar-refractivity contribution in [3.05, 3.63) is 58.9 Å². The maximum atomic E-state index is 13.7. The van der Waals surface area contributed by atoms with E-state index in [9.17, 15) is 4.39 Å². The van der Waals surface area contributed by atoms with Gasteiger partial charge in [0.05, 0.1) is 14.2 Å². The summed E-state index contributed by atoms with van der Waals surface area (Å²) < 4.78 is 24.6. The van der Waals surface area contributed by atoms with Gasteiger partial charge < -0.3 is 20.1 Å². The largest absolute Gasteiger partial charge is 0.493 e. The van der Waals surface area contributed by atoms with Gasteiger partial charge >= 0.3 is 0 Å². The second-order valence-electron chi connectivity index (χ2n) is 7.27. The van der Waals surface area contributed by atoms with Crippen LogP contribution in [0.15, 0.2) is 41.4 Å². The quantitative estimate of drug-likeness (QED) is 0.305. The third-order valence-corrected chi connectivity index (χ3v) is 5.39. The molecule has 1 aliphatic heterocycles. The Morgan fingerprint density at radius 3 is 2.42 bits per heavy atom. The monoisotopic (exact) mass is 542 g/mol. The Morgan fingerprint density at radius 2 is 1.74 bits per heavy atom. The second kappa shape index (κ2) is 12.7. The number of rotatable bonds is 8. The lowest BCUT2D eigenvalue weighted by molar-refractivity contribution is 0.256. The van der Waals surface area contributed by atoms with Gasteiger partial charge in [-0.3, -0.25) is 9.89 Å². The second-order valence-corrected chi connectivity index (χ2v) is 7.27. The van der Waals surface area contributed by atoms with E-state index in [1.807, 2.05) is 12.1 Å². The third-order valence-electron chi connectivity index (χ3n) is 5.39. The van der Waals surface area contributed by atoms with E-state index in [-0.39, 0.29) is 29.8 Å². The normalized spacial score (nSPS) is 13.7. The Labute approximate surface area is 201 Å². The molecule has 2 aromatic carbocycles. The molecular formula is C23H32FIN4O2. The standard InChI is InChI=1S/C23H31FN4O2.HI/c1-25-23(26-10-8-17-6-4-5-7-20(17)24)27-11-13-28-12-9-18-14-21(29-2)22(30-3)15-19(18)16-28;/h4-7,14-15H,8-13,16H2,1-3H3,(H2,25,26,27);1H. The average Bonchev–Trinajstić information content (AvgIpc) is 2.78. The fourth-order valence-electron chi connectivity index (χ4n) is 3.70. The van der Waals surface area contributed by atoms with E-state index in [1.54, 1.807) is 27.3 Å². The molecular weight excluding hydrogens is 510 g/mol. The molecule has 0 atom stereocenters. The predicted octanol–water partition coefficient (Wildman–Crippen LogP) is 3.23. The summed E-state index contributed by atoms with van der Waals surface area (Å²) in [6.45, 7) is 4.20. The minimum atomic E-state index is -0.165. The number of hydrogen-bond donors (Lipinski definition) is 2.